The summed E-state index contributed by atoms with van der Waals surface area (Å²) in [5.74, 6) is -0.183. The number of aryl methyl sites for hydroxylation is 1. The number of Topliss-reactive ketones (excluding diaryl/α,β-unsaturated/α-hetero) is 1. The summed E-state index contributed by atoms with van der Waals surface area (Å²) in [6, 6.07) is 7.98. The van der Waals surface area contributed by atoms with E-state index in [1.165, 1.54) is 0 Å². The van der Waals surface area contributed by atoms with Gasteiger partial charge in [-0.25, -0.2) is 0 Å². The number of rotatable bonds is 6. The number of alkyl halides is 3. The van der Waals surface area contributed by atoms with Crippen LogP contribution in [0, 0.1) is 5.92 Å². The predicted molar refractivity (Wildman–Crippen MR) is 108 cm³/mol. The summed E-state index contributed by atoms with van der Waals surface area (Å²) in [6.07, 6.45) is 1.32. The SMILES string of the molecule is Cn1cc(-c2ccc3cnc(CC(=O)C4CCN(CCC(F)(F)F)C4)cc3c2)cn1. The zero-order valence-electron chi connectivity index (χ0n) is 16.7. The summed E-state index contributed by atoms with van der Waals surface area (Å²) in [4.78, 5) is 18.8. The van der Waals surface area contributed by atoms with Gasteiger partial charge in [-0.3, -0.25) is 14.5 Å². The predicted octanol–water partition coefficient (Wildman–Crippen LogP) is 4.02. The first-order chi connectivity index (χ1) is 14.3. The second kappa shape index (κ2) is 8.18. The molecule has 4 rings (SSSR count). The number of likely N-dealkylation sites (tertiary alicyclic amines) is 1. The van der Waals surface area contributed by atoms with Crippen LogP contribution in [0.1, 0.15) is 18.5 Å². The van der Waals surface area contributed by atoms with Crippen molar-refractivity contribution in [1.29, 1.82) is 0 Å². The van der Waals surface area contributed by atoms with Gasteiger partial charge in [0.05, 0.1) is 12.6 Å². The van der Waals surface area contributed by atoms with E-state index in [1.807, 2.05) is 31.4 Å². The number of carbonyl (C=O) groups is 1. The van der Waals surface area contributed by atoms with Gasteiger partial charge in [-0.1, -0.05) is 12.1 Å². The molecule has 1 saturated heterocycles. The lowest BCUT2D eigenvalue weighted by Crippen LogP contribution is -2.28. The Morgan fingerprint density at radius 2 is 2.00 bits per heavy atom. The lowest BCUT2D eigenvalue weighted by atomic mass is 9.98. The molecule has 1 unspecified atom stereocenters. The smallest absolute Gasteiger partial charge is 0.302 e. The van der Waals surface area contributed by atoms with Crippen LogP contribution in [-0.2, 0) is 18.3 Å². The average Bonchev–Trinajstić information content (AvgIpc) is 3.34. The van der Waals surface area contributed by atoms with E-state index >= 15 is 0 Å². The minimum absolute atomic E-state index is 0.0415. The van der Waals surface area contributed by atoms with E-state index in [-0.39, 0.29) is 24.7 Å². The molecular weight excluding hydrogens is 393 g/mol. The molecule has 0 spiro atoms. The highest BCUT2D eigenvalue weighted by molar-refractivity contribution is 5.88. The van der Waals surface area contributed by atoms with Gasteiger partial charge < -0.3 is 4.90 Å². The Hall–Kier alpha value is -2.74. The van der Waals surface area contributed by atoms with Gasteiger partial charge >= 0.3 is 6.18 Å². The van der Waals surface area contributed by atoms with Crippen LogP contribution in [-0.4, -0.2) is 51.3 Å². The Labute approximate surface area is 172 Å². The highest BCUT2D eigenvalue weighted by Crippen LogP contribution is 2.26. The first-order valence-electron chi connectivity index (χ1n) is 9.96. The quantitative estimate of drug-likeness (QED) is 0.609. The lowest BCUT2D eigenvalue weighted by molar-refractivity contribution is -0.137. The standard InChI is InChI=1S/C22H23F3N4O/c1-28-13-19(12-27-28)15-2-3-16-11-26-20(9-18(16)8-15)10-21(30)17-4-6-29(14-17)7-5-22(23,24)25/h2-3,8-9,11-13,17H,4-7,10,14H2,1H3. The molecule has 0 saturated carbocycles. The number of hydrogen-bond acceptors (Lipinski definition) is 4. The molecule has 3 heterocycles. The minimum atomic E-state index is -4.16. The van der Waals surface area contributed by atoms with E-state index in [0.717, 1.165) is 21.9 Å². The third-order valence-electron chi connectivity index (χ3n) is 5.61. The van der Waals surface area contributed by atoms with E-state index in [2.05, 4.69) is 16.1 Å². The van der Waals surface area contributed by atoms with Gasteiger partial charge in [0, 0.05) is 61.5 Å². The number of fused-ring (bicyclic) bond motifs is 1. The molecule has 3 aromatic rings. The number of carbonyl (C=O) groups excluding carboxylic acids is 1. The van der Waals surface area contributed by atoms with Crippen molar-refractivity contribution >= 4 is 16.6 Å². The topological polar surface area (TPSA) is 51.0 Å². The normalized spacial score (nSPS) is 17.7. The van der Waals surface area contributed by atoms with Crippen molar-refractivity contribution in [3.05, 3.63) is 48.5 Å². The Bertz CT molecular complexity index is 1060. The van der Waals surface area contributed by atoms with Crippen molar-refractivity contribution in [2.45, 2.75) is 25.4 Å². The first kappa shape index (κ1) is 20.5. The van der Waals surface area contributed by atoms with E-state index in [4.69, 9.17) is 0 Å². The molecule has 30 heavy (non-hydrogen) atoms. The largest absolute Gasteiger partial charge is 0.390 e. The molecule has 1 aliphatic heterocycles. The molecule has 158 valence electrons. The van der Waals surface area contributed by atoms with Gasteiger partial charge in [0.2, 0.25) is 0 Å². The maximum Gasteiger partial charge on any atom is 0.390 e. The van der Waals surface area contributed by atoms with Crippen molar-refractivity contribution in [1.82, 2.24) is 19.7 Å². The van der Waals surface area contributed by atoms with Crippen LogP contribution >= 0.6 is 0 Å². The number of aromatic nitrogens is 3. The van der Waals surface area contributed by atoms with Crippen LogP contribution in [0.4, 0.5) is 13.2 Å². The Morgan fingerprint density at radius 3 is 2.73 bits per heavy atom. The molecule has 5 nitrogen and oxygen atoms in total. The van der Waals surface area contributed by atoms with Gasteiger partial charge in [-0.15, -0.1) is 0 Å². The lowest BCUT2D eigenvalue weighted by Gasteiger charge is -2.16. The van der Waals surface area contributed by atoms with Crippen molar-refractivity contribution in [2.24, 2.45) is 13.0 Å². The molecule has 8 heteroatoms. The molecular formula is C22H23F3N4O. The zero-order chi connectivity index (χ0) is 21.3. The molecule has 1 aromatic carbocycles. The van der Waals surface area contributed by atoms with Crippen LogP contribution in [0.15, 0.2) is 42.9 Å². The molecule has 0 aliphatic carbocycles. The van der Waals surface area contributed by atoms with Gasteiger partial charge in [-0.2, -0.15) is 18.3 Å². The highest BCUT2D eigenvalue weighted by atomic mass is 19.4. The summed E-state index contributed by atoms with van der Waals surface area (Å²) in [5, 5.41) is 6.18. The van der Waals surface area contributed by atoms with Crippen molar-refractivity contribution in [2.75, 3.05) is 19.6 Å². The van der Waals surface area contributed by atoms with Crippen LogP contribution in [0.3, 0.4) is 0 Å². The van der Waals surface area contributed by atoms with E-state index in [1.54, 1.807) is 22.0 Å². The summed E-state index contributed by atoms with van der Waals surface area (Å²) < 4.78 is 39.0. The first-order valence-corrected chi connectivity index (χ1v) is 9.96. The third kappa shape index (κ3) is 4.87. The van der Waals surface area contributed by atoms with Crippen molar-refractivity contribution in [3.8, 4) is 11.1 Å². The summed E-state index contributed by atoms with van der Waals surface area (Å²) in [6.45, 7) is 0.887. The fourth-order valence-electron chi connectivity index (χ4n) is 3.94. The summed E-state index contributed by atoms with van der Waals surface area (Å²) in [7, 11) is 1.87. The summed E-state index contributed by atoms with van der Waals surface area (Å²) in [5.41, 5.74) is 2.73. The van der Waals surface area contributed by atoms with Gasteiger partial charge in [0.1, 0.15) is 5.78 Å². The number of hydrogen-bond donors (Lipinski definition) is 0. The molecule has 0 amide bonds. The molecule has 0 bridgehead atoms. The molecule has 0 N–H and O–H groups in total. The van der Waals surface area contributed by atoms with E-state index in [0.29, 0.717) is 25.2 Å². The van der Waals surface area contributed by atoms with E-state index < -0.39 is 12.6 Å². The number of ketones is 1. The number of pyridine rings is 1. The fraction of sp³-hybridized carbons (Fsp3) is 0.409. The van der Waals surface area contributed by atoms with Crippen molar-refractivity contribution < 1.29 is 18.0 Å². The Balaban J connectivity index is 1.43. The molecule has 2 aromatic heterocycles. The maximum atomic E-state index is 12.7. The van der Waals surface area contributed by atoms with Crippen LogP contribution in [0.25, 0.3) is 21.9 Å². The van der Waals surface area contributed by atoms with Gasteiger partial charge in [0.25, 0.3) is 0 Å². The minimum Gasteiger partial charge on any atom is -0.302 e. The third-order valence-corrected chi connectivity index (χ3v) is 5.61. The van der Waals surface area contributed by atoms with Crippen LogP contribution in [0.5, 0.6) is 0 Å². The summed E-state index contributed by atoms with van der Waals surface area (Å²) >= 11 is 0. The average molecular weight is 416 g/mol. The van der Waals surface area contributed by atoms with E-state index in [9.17, 15) is 18.0 Å². The molecule has 1 atom stereocenters. The molecule has 1 fully saturated rings. The monoisotopic (exact) mass is 416 g/mol. The van der Waals surface area contributed by atoms with Gasteiger partial charge in [-0.05, 0) is 36.0 Å². The number of benzene rings is 1. The van der Waals surface area contributed by atoms with Crippen LogP contribution in [0.2, 0.25) is 0 Å². The zero-order valence-corrected chi connectivity index (χ0v) is 16.7. The highest BCUT2D eigenvalue weighted by Gasteiger charge is 2.32. The number of halogens is 3. The second-order valence-electron chi connectivity index (χ2n) is 7.93. The maximum absolute atomic E-state index is 12.7. The molecule has 1 aliphatic rings. The Kier molecular flexibility index (Phi) is 5.60. The second-order valence-corrected chi connectivity index (χ2v) is 7.93. The number of nitrogens with zero attached hydrogens (tertiary/aromatic N) is 4. The van der Waals surface area contributed by atoms with Gasteiger partial charge in [0.15, 0.2) is 0 Å². The molecule has 0 radical (unpaired) electrons. The van der Waals surface area contributed by atoms with Crippen molar-refractivity contribution in [3.63, 3.8) is 0 Å². The fourth-order valence-corrected chi connectivity index (χ4v) is 3.94. The Morgan fingerprint density at radius 1 is 1.17 bits per heavy atom. The van der Waals surface area contributed by atoms with Crippen LogP contribution < -0.4 is 0 Å².